The first-order valence-corrected chi connectivity index (χ1v) is 8.64. The first-order chi connectivity index (χ1) is 12.3. The van der Waals surface area contributed by atoms with Crippen molar-refractivity contribution in [1.82, 2.24) is 16.0 Å². The second-order valence-electron chi connectivity index (χ2n) is 6.46. The smallest absolute Gasteiger partial charge is 0.407 e. The summed E-state index contributed by atoms with van der Waals surface area (Å²) in [4.78, 5) is 27.7. The van der Waals surface area contributed by atoms with Crippen molar-refractivity contribution >= 4 is 23.6 Å². The fraction of sp³-hybridized carbons (Fsp3) is 0.500. The number of aliphatic imine (C=N–C) groups is 1. The molecule has 0 heterocycles. The molecule has 1 rings (SSSR count). The molecule has 4 N–H and O–H groups in total. The number of para-hydroxylation sites is 1. The van der Waals surface area contributed by atoms with E-state index in [0.29, 0.717) is 25.6 Å². The van der Waals surface area contributed by atoms with E-state index < -0.39 is 11.7 Å². The van der Waals surface area contributed by atoms with Gasteiger partial charge in [-0.15, -0.1) is 0 Å². The third-order valence-corrected chi connectivity index (χ3v) is 2.87. The van der Waals surface area contributed by atoms with Crippen molar-refractivity contribution in [3.05, 3.63) is 30.3 Å². The summed E-state index contributed by atoms with van der Waals surface area (Å²) in [5.74, 6) is 0.294. The highest BCUT2D eigenvalue weighted by Gasteiger charge is 2.15. The van der Waals surface area contributed by atoms with Crippen LogP contribution in [0.3, 0.4) is 0 Å². The van der Waals surface area contributed by atoms with E-state index in [0.717, 1.165) is 5.69 Å². The van der Waals surface area contributed by atoms with Gasteiger partial charge in [0.05, 0.1) is 0 Å². The number of nitrogens with one attached hydrogen (secondary N) is 4. The van der Waals surface area contributed by atoms with Crippen LogP contribution in [-0.4, -0.2) is 49.7 Å². The number of anilines is 1. The van der Waals surface area contributed by atoms with Crippen molar-refractivity contribution in [3.8, 4) is 0 Å². The van der Waals surface area contributed by atoms with Gasteiger partial charge < -0.3 is 26.0 Å². The van der Waals surface area contributed by atoms with E-state index in [2.05, 4.69) is 26.3 Å². The zero-order valence-electron chi connectivity index (χ0n) is 15.9. The van der Waals surface area contributed by atoms with Crippen LogP contribution in [0.4, 0.5) is 10.5 Å². The third-order valence-electron chi connectivity index (χ3n) is 2.87. The lowest BCUT2D eigenvalue weighted by Gasteiger charge is -2.19. The first-order valence-electron chi connectivity index (χ1n) is 8.64. The largest absolute Gasteiger partial charge is 0.444 e. The predicted molar refractivity (Wildman–Crippen MR) is 103 cm³/mol. The van der Waals surface area contributed by atoms with Gasteiger partial charge in [0.25, 0.3) is 0 Å². The molecule has 0 aliphatic heterocycles. The van der Waals surface area contributed by atoms with Crippen molar-refractivity contribution in [2.75, 3.05) is 31.5 Å². The van der Waals surface area contributed by atoms with Gasteiger partial charge in [-0.2, -0.15) is 0 Å². The summed E-state index contributed by atoms with van der Waals surface area (Å²) >= 11 is 0. The Balaban J connectivity index is 2.36. The normalized spacial score (nSPS) is 11.5. The molecule has 1 aromatic rings. The number of alkyl carbamates (subject to hydrolysis) is 1. The Kier molecular flexibility index (Phi) is 8.97. The topological polar surface area (TPSA) is 104 Å². The van der Waals surface area contributed by atoms with Gasteiger partial charge in [0.1, 0.15) is 12.1 Å². The highest BCUT2D eigenvalue weighted by molar-refractivity contribution is 5.94. The summed E-state index contributed by atoms with van der Waals surface area (Å²) in [5, 5.41) is 11.5. The van der Waals surface area contributed by atoms with E-state index in [1.165, 1.54) is 0 Å². The lowest BCUT2D eigenvalue weighted by atomic mass is 10.2. The van der Waals surface area contributed by atoms with Gasteiger partial charge in [0.15, 0.2) is 5.96 Å². The number of hydrogen-bond acceptors (Lipinski definition) is 4. The van der Waals surface area contributed by atoms with Crippen LogP contribution in [0.15, 0.2) is 35.3 Å². The van der Waals surface area contributed by atoms with Gasteiger partial charge in [-0.1, -0.05) is 18.2 Å². The Morgan fingerprint density at radius 3 is 2.31 bits per heavy atom. The van der Waals surface area contributed by atoms with Crippen LogP contribution in [-0.2, 0) is 9.53 Å². The monoisotopic (exact) mass is 363 g/mol. The Morgan fingerprint density at radius 1 is 1.04 bits per heavy atom. The maximum atomic E-state index is 11.9. The average Bonchev–Trinajstić information content (AvgIpc) is 2.55. The number of ether oxygens (including phenoxy) is 1. The lowest BCUT2D eigenvalue weighted by Crippen LogP contribution is -2.42. The summed E-state index contributed by atoms with van der Waals surface area (Å²) in [5.41, 5.74) is 0.201. The van der Waals surface area contributed by atoms with E-state index in [1.807, 2.05) is 37.3 Å². The van der Waals surface area contributed by atoms with Crippen molar-refractivity contribution in [2.24, 2.45) is 4.99 Å². The minimum Gasteiger partial charge on any atom is -0.444 e. The Bertz CT molecular complexity index is 597. The minimum atomic E-state index is -0.528. The second kappa shape index (κ2) is 11.0. The average molecular weight is 363 g/mol. The maximum absolute atomic E-state index is 11.9. The van der Waals surface area contributed by atoms with Crippen LogP contribution >= 0.6 is 0 Å². The van der Waals surface area contributed by atoms with Crippen molar-refractivity contribution in [1.29, 1.82) is 0 Å². The van der Waals surface area contributed by atoms with Crippen LogP contribution in [0.2, 0.25) is 0 Å². The van der Waals surface area contributed by atoms with E-state index in [4.69, 9.17) is 4.74 Å². The molecule has 0 atom stereocenters. The molecule has 1 aromatic carbocycles. The molecule has 2 amide bonds. The van der Waals surface area contributed by atoms with Crippen LogP contribution in [0, 0.1) is 0 Å². The number of guanidine groups is 1. The molecule has 0 aliphatic rings. The summed E-state index contributed by atoms with van der Waals surface area (Å²) in [7, 11) is 0. The maximum Gasteiger partial charge on any atom is 0.407 e. The summed E-state index contributed by atoms with van der Waals surface area (Å²) in [6.45, 7) is 8.82. The lowest BCUT2D eigenvalue weighted by molar-refractivity contribution is -0.114. The second-order valence-corrected chi connectivity index (χ2v) is 6.46. The molecule has 0 aliphatic carbocycles. The zero-order valence-corrected chi connectivity index (χ0v) is 15.9. The third kappa shape index (κ3) is 10.2. The zero-order chi connectivity index (χ0) is 19.4. The van der Waals surface area contributed by atoms with Crippen LogP contribution in [0.25, 0.3) is 0 Å². The van der Waals surface area contributed by atoms with Crippen molar-refractivity contribution in [2.45, 2.75) is 33.3 Å². The molecule has 0 spiro atoms. The SMILES string of the molecule is CCNC(=NCC(=O)Nc1ccccc1)NCCNC(=O)OC(C)(C)C. The number of carbonyl (C=O) groups excluding carboxylic acids is 2. The standard InChI is InChI=1S/C18H29N5O3/c1-5-19-16(20-11-12-21-17(25)26-18(2,3)4)22-13-15(24)23-14-9-7-6-8-10-14/h6-10H,5,11-13H2,1-4H3,(H,21,25)(H,23,24)(H2,19,20,22). The van der Waals surface area contributed by atoms with Crippen LogP contribution < -0.4 is 21.3 Å². The van der Waals surface area contributed by atoms with Crippen LogP contribution in [0.1, 0.15) is 27.7 Å². The summed E-state index contributed by atoms with van der Waals surface area (Å²) in [6.07, 6.45) is -0.469. The molecule has 0 aromatic heterocycles. The summed E-state index contributed by atoms with van der Waals surface area (Å²) in [6, 6.07) is 9.21. The van der Waals surface area contributed by atoms with Gasteiger partial charge in [0.2, 0.25) is 5.91 Å². The van der Waals surface area contributed by atoms with Gasteiger partial charge in [-0.3, -0.25) is 4.79 Å². The highest BCUT2D eigenvalue weighted by Crippen LogP contribution is 2.06. The Hall–Kier alpha value is -2.77. The molecule has 0 bridgehead atoms. The van der Waals surface area contributed by atoms with Crippen molar-refractivity contribution < 1.29 is 14.3 Å². The fourth-order valence-electron chi connectivity index (χ4n) is 1.87. The Labute approximate surface area is 154 Å². The predicted octanol–water partition coefficient (Wildman–Crippen LogP) is 1.70. The van der Waals surface area contributed by atoms with Gasteiger partial charge >= 0.3 is 6.09 Å². The number of carbonyl (C=O) groups is 2. The van der Waals surface area contributed by atoms with E-state index >= 15 is 0 Å². The molecule has 26 heavy (non-hydrogen) atoms. The molecule has 0 unspecified atom stereocenters. The quantitative estimate of drug-likeness (QED) is 0.335. The van der Waals surface area contributed by atoms with Gasteiger partial charge in [0, 0.05) is 25.3 Å². The molecule has 0 radical (unpaired) electrons. The van der Waals surface area contributed by atoms with E-state index in [-0.39, 0.29) is 12.5 Å². The number of benzene rings is 1. The number of amides is 2. The molecule has 8 heteroatoms. The fourth-order valence-corrected chi connectivity index (χ4v) is 1.87. The number of hydrogen-bond donors (Lipinski definition) is 4. The molecule has 0 saturated carbocycles. The molecular formula is C18H29N5O3. The minimum absolute atomic E-state index is 0.0102. The summed E-state index contributed by atoms with van der Waals surface area (Å²) < 4.78 is 5.15. The Morgan fingerprint density at radius 2 is 1.69 bits per heavy atom. The molecule has 0 saturated heterocycles. The van der Waals surface area contributed by atoms with Crippen LogP contribution in [0.5, 0.6) is 0 Å². The molecule has 8 nitrogen and oxygen atoms in total. The first kappa shape index (κ1) is 21.3. The van der Waals surface area contributed by atoms with Crippen molar-refractivity contribution in [3.63, 3.8) is 0 Å². The molecular weight excluding hydrogens is 334 g/mol. The van der Waals surface area contributed by atoms with Gasteiger partial charge in [-0.25, -0.2) is 9.79 Å². The number of nitrogens with zero attached hydrogens (tertiary/aromatic N) is 1. The highest BCUT2D eigenvalue weighted by atomic mass is 16.6. The van der Waals surface area contributed by atoms with E-state index in [1.54, 1.807) is 20.8 Å². The molecule has 0 fully saturated rings. The van der Waals surface area contributed by atoms with E-state index in [9.17, 15) is 9.59 Å². The molecule has 144 valence electrons. The van der Waals surface area contributed by atoms with Gasteiger partial charge in [-0.05, 0) is 39.8 Å². The number of rotatable bonds is 7.